The molecule has 8 heteroatoms. The summed E-state index contributed by atoms with van der Waals surface area (Å²) in [7, 11) is 0. The maximum Gasteiger partial charge on any atom is 0.343 e. The van der Waals surface area contributed by atoms with E-state index in [9.17, 15) is 24.9 Å². The van der Waals surface area contributed by atoms with Crippen LogP contribution in [0.25, 0.3) is 22.3 Å². The van der Waals surface area contributed by atoms with Gasteiger partial charge in [0.05, 0.1) is 5.56 Å². The Bertz CT molecular complexity index is 1660. The molecule has 4 aromatic carbocycles. The Morgan fingerprint density at radius 3 is 2.13 bits per heavy atom. The van der Waals surface area contributed by atoms with Crippen LogP contribution in [0.3, 0.4) is 0 Å². The fraction of sp³-hybridized carbons (Fsp3) is 0.0667. The first-order valence-electron chi connectivity index (χ1n) is 11.8. The van der Waals surface area contributed by atoms with E-state index in [1.54, 1.807) is 36.4 Å². The molecule has 0 saturated heterocycles. The van der Waals surface area contributed by atoms with Crippen molar-refractivity contribution >= 4 is 16.9 Å². The number of phenols is 3. The topological polar surface area (TPSA) is 129 Å². The molecule has 0 bridgehead atoms. The summed E-state index contributed by atoms with van der Waals surface area (Å²) >= 11 is 0. The van der Waals surface area contributed by atoms with E-state index >= 15 is 0 Å². The average molecular weight is 510 g/mol. The van der Waals surface area contributed by atoms with Crippen molar-refractivity contribution in [1.29, 1.82) is 0 Å². The zero-order chi connectivity index (χ0) is 26.6. The first-order chi connectivity index (χ1) is 18.4. The van der Waals surface area contributed by atoms with Gasteiger partial charge in [-0.2, -0.15) is 0 Å². The fourth-order valence-corrected chi connectivity index (χ4v) is 3.98. The summed E-state index contributed by atoms with van der Waals surface area (Å²) < 4.78 is 11.1. The summed E-state index contributed by atoms with van der Waals surface area (Å²) in [4.78, 5) is 25.1. The number of esters is 1. The molecule has 4 N–H and O–H groups in total. The van der Waals surface area contributed by atoms with Crippen molar-refractivity contribution < 1.29 is 29.3 Å². The van der Waals surface area contributed by atoms with Gasteiger partial charge in [0.25, 0.3) is 0 Å². The van der Waals surface area contributed by atoms with E-state index in [2.05, 4.69) is 17.4 Å². The summed E-state index contributed by atoms with van der Waals surface area (Å²) in [5, 5.41) is 32.5. The molecular weight excluding hydrogens is 486 g/mol. The number of benzene rings is 4. The van der Waals surface area contributed by atoms with Gasteiger partial charge in [-0.1, -0.05) is 42.5 Å². The molecule has 8 nitrogen and oxygen atoms in total. The predicted molar refractivity (Wildman–Crippen MR) is 141 cm³/mol. The molecule has 1 heterocycles. The molecule has 0 aliphatic carbocycles. The second kappa shape index (κ2) is 10.5. The number of nitrogens with one attached hydrogen (secondary N) is 1. The maximum absolute atomic E-state index is 12.6. The van der Waals surface area contributed by atoms with Crippen LogP contribution in [0.15, 0.2) is 100 Å². The number of hydrogen-bond acceptors (Lipinski definition) is 8. The molecule has 0 amide bonds. The summed E-state index contributed by atoms with van der Waals surface area (Å²) in [5.74, 6) is -2.20. The molecule has 0 aliphatic heterocycles. The summed E-state index contributed by atoms with van der Waals surface area (Å²) in [6, 6.07) is 25.8. The number of carbonyl (C=O) groups is 1. The number of fused-ring (bicyclic) bond motifs is 1. The van der Waals surface area contributed by atoms with Gasteiger partial charge in [-0.15, -0.1) is 0 Å². The predicted octanol–water partition coefficient (Wildman–Crippen LogP) is 5.09. The lowest BCUT2D eigenvalue weighted by Crippen LogP contribution is -2.13. The molecule has 0 fully saturated rings. The van der Waals surface area contributed by atoms with Crippen molar-refractivity contribution in [3.05, 3.63) is 118 Å². The SMILES string of the molecule is O=C(Oc1ccc(-c2cc(=O)c3c(O)c(O)c(O)cc3o2)cc1)c1ccc(CNCc2ccccc2)cc1. The van der Waals surface area contributed by atoms with Gasteiger partial charge in [-0.05, 0) is 47.5 Å². The lowest BCUT2D eigenvalue weighted by atomic mass is 10.1. The van der Waals surface area contributed by atoms with Gasteiger partial charge in [0, 0.05) is 30.8 Å². The fourth-order valence-electron chi connectivity index (χ4n) is 3.98. The van der Waals surface area contributed by atoms with Crippen LogP contribution in [-0.4, -0.2) is 21.3 Å². The Morgan fingerprint density at radius 1 is 0.789 bits per heavy atom. The van der Waals surface area contributed by atoms with Crippen LogP contribution in [0.5, 0.6) is 23.0 Å². The molecule has 5 rings (SSSR count). The summed E-state index contributed by atoms with van der Waals surface area (Å²) in [6.45, 7) is 1.41. The number of aromatic hydroxyl groups is 3. The lowest BCUT2D eigenvalue weighted by Gasteiger charge is -2.09. The second-order valence-corrected chi connectivity index (χ2v) is 8.64. The normalized spacial score (nSPS) is 10.9. The molecule has 1 aromatic heterocycles. The molecule has 5 aromatic rings. The highest BCUT2D eigenvalue weighted by Crippen LogP contribution is 2.40. The van der Waals surface area contributed by atoms with Crippen LogP contribution in [-0.2, 0) is 13.1 Å². The van der Waals surface area contributed by atoms with Crippen LogP contribution < -0.4 is 15.5 Å². The molecule has 0 spiro atoms. The number of carbonyl (C=O) groups excluding carboxylic acids is 1. The van der Waals surface area contributed by atoms with Gasteiger partial charge >= 0.3 is 5.97 Å². The van der Waals surface area contributed by atoms with E-state index in [0.717, 1.165) is 24.2 Å². The van der Waals surface area contributed by atoms with E-state index in [4.69, 9.17) is 9.15 Å². The Morgan fingerprint density at radius 2 is 1.45 bits per heavy atom. The van der Waals surface area contributed by atoms with E-state index in [0.29, 0.717) is 23.4 Å². The monoisotopic (exact) mass is 509 g/mol. The van der Waals surface area contributed by atoms with E-state index < -0.39 is 28.6 Å². The van der Waals surface area contributed by atoms with Gasteiger partial charge in [0.15, 0.2) is 16.9 Å². The number of phenolic OH excluding ortho intramolecular Hbond substituents is 3. The molecule has 0 saturated carbocycles. The molecule has 0 unspecified atom stereocenters. The Labute approximate surface area is 217 Å². The van der Waals surface area contributed by atoms with Crippen LogP contribution in [0.2, 0.25) is 0 Å². The quantitative estimate of drug-likeness (QED) is 0.136. The van der Waals surface area contributed by atoms with Gasteiger partial charge in [0.2, 0.25) is 5.75 Å². The highest BCUT2D eigenvalue weighted by Gasteiger charge is 2.17. The molecule has 0 radical (unpaired) electrons. The number of rotatable bonds is 7. The molecule has 0 aliphatic rings. The Hall–Kier alpha value is -5.08. The highest BCUT2D eigenvalue weighted by molar-refractivity contribution is 5.91. The maximum atomic E-state index is 12.6. The second-order valence-electron chi connectivity index (χ2n) is 8.64. The molecule has 0 atom stereocenters. The van der Waals surface area contributed by atoms with Crippen LogP contribution in [0.1, 0.15) is 21.5 Å². The summed E-state index contributed by atoms with van der Waals surface area (Å²) in [5.41, 5.74) is 2.46. The minimum absolute atomic E-state index is 0.0884. The van der Waals surface area contributed by atoms with Crippen LogP contribution in [0.4, 0.5) is 0 Å². The van der Waals surface area contributed by atoms with E-state index in [1.807, 2.05) is 30.3 Å². The van der Waals surface area contributed by atoms with Crippen molar-refractivity contribution in [2.24, 2.45) is 0 Å². The number of hydrogen-bond donors (Lipinski definition) is 4. The smallest absolute Gasteiger partial charge is 0.343 e. The standard InChI is InChI=1S/C30H23NO7/c32-23-14-25(38-26-15-24(33)28(34)29(35)27(23)26)20-10-12-22(13-11-20)37-30(36)21-8-6-19(7-9-21)17-31-16-18-4-2-1-3-5-18/h1-15,31,33-35H,16-17H2. The first kappa shape index (κ1) is 24.6. The van der Waals surface area contributed by atoms with Crippen LogP contribution >= 0.6 is 0 Å². The van der Waals surface area contributed by atoms with Gasteiger partial charge < -0.3 is 29.8 Å². The minimum atomic E-state index is -0.793. The Kier molecular flexibility index (Phi) is 6.80. The zero-order valence-electron chi connectivity index (χ0n) is 20.0. The molecule has 190 valence electrons. The minimum Gasteiger partial charge on any atom is -0.504 e. The van der Waals surface area contributed by atoms with Crippen molar-refractivity contribution in [3.63, 3.8) is 0 Å². The third-order valence-electron chi connectivity index (χ3n) is 5.99. The van der Waals surface area contributed by atoms with E-state index in [1.165, 1.54) is 5.56 Å². The van der Waals surface area contributed by atoms with Crippen molar-refractivity contribution in [3.8, 4) is 34.3 Å². The highest BCUT2D eigenvalue weighted by atomic mass is 16.5. The van der Waals surface area contributed by atoms with Crippen molar-refractivity contribution in [2.75, 3.05) is 0 Å². The van der Waals surface area contributed by atoms with E-state index in [-0.39, 0.29) is 16.7 Å². The number of ether oxygens (including phenoxy) is 1. The zero-order valence-corrected chi connectivity index (χ0v) is 20.0. The molecule has 38 heavy (non-hydrogen) atoms. The van der Waals surface area contributed by atoms with Gasteiger partial charge in [-0.25, -0.2) is 4.79 Å². The largest absolute Gasteiger partial charge is 0.504 e. The molecular formula is C30H23NO7. The average Bonchev–Trinajstić information content (AvgIpc) is 2.93. The van der Waals surface area contributed by atoms with Crippen molar-refractivity contribution in [2.45, 2.75) is 13.1 Å². The van der Waals surface area contributed by atoms with Crippen LogP contribution in [0, 0.1) is 0 Å². The third-order valence-corrected chi connectivity index (χ3v) is 5.99. The third kappa shape index (κ3) is 5.21. The van der Waals surface area contributed by atoms with Gasteiger partial charge in [0.1, 0.15) is 22.5 Å². The summed E-state index contributed by atoms with van der Waals surface area (Å²) in [6.07, 6.45) is 0. The van der Waals surface area contributed by atoms with Crippen molar-refractivity contribution in [1.82, 2.24) is 5.32 Å². The van der Waals surface area contributed by atoms with Gasteiger partial charge in [-0.3, -0.25) is 4.79 Å². The lowest BCUT2D eigenvalue weighted by molar-refractivity contribution is 0.0734. The Balaban J connectivity index is 1.24. The first-order valence-corrected chi connectivity index (χ1v) is 11.8.